The first kappa shape index (κ1) is 12.3. The maximum Gasteiger partial charge on any atom is -0.00473 e. The Balaban J connectivity index is 1.79. The van der Waals surface area contributed by atoms with Gasteiger partial charge in [0.15, 0.2) is 0 Å². The average Bonchev–Trinajstić information content (AvgIpc) is 2.75. The molecule has 0 unspecified atom stereocenters. The fraction of sp³-hybridized carbons (Fsp3) is 0.600. The van der Waals surface area contributed by atoms with Crippen molar-refractivity contribution in [2.24, 2.45) is 5.92 Å². The molecule has 1 rings (SSSR count). The first-order chi connectivity index (χ1) is 7.43. The molecule has 0 radical (unpaired) electrons. The van der Waals surface area contributed by atoms with Crippen LogP contribution >= 0.6 is 0 Å². The van der Waals surface area contributed by atoms with Gasteiger partial charge in [-0.3, -0.25) is 0 Å². The van der Waals surface area contributed by atoms with Crippen LogP contribution in [-0.2, 0) is 0 Å². The molecule has 0 heteroatoms. The molecule has 1 aliphatic rings. The molecule has 0 N–H and O–H groups in total. The second-order valence-corrected chi connectivity index (χ2v) is 4.42. The van der Waals surface area contributed by atoms with Gasteiger partial charge in [-0.15, -0.1) is 6.58 Å². The topological polar surface area (TPSA) is 0 Å². The zero-order valence-electron chi connectivity index (χ0n) is 9.83. The Kier molecular flexibility index (Phi) is 6.98. The number of rotatable bonds is 9. The number of allylic oxidation sites excluding steroid dienone is 5. The Morgan fingerprint density at radius 1 is 0.867 bits per heavy atom. The molecule has 0 fully saturated rings. The predicted molar refractivity (Wildman–Crippen MR) is 68.9 cm³/mol. The summed E-state index contributed by atoms with van der Waals surface area (Å²) in [5.74, 6) is 0.741. The highest BCUT2D eigenvalue weighted by Gasteiger charge is 2.02. The average molecular weight is 204 g/mol. The summed E-state index contributed by atoms with van der Waals surface area (Å²) >= 11 is 0. The SMILES string of the molecule is C=CCCCCCCCCC1C=CC=C1. The van der Waals surface area contributed by atoms with Crippen LogP contribution in [-0.4, -0.2) is 0 Å². The third-order valence-electron chi connectivity index (χ3n) is 3.02. The quantitative estimate of drug-likeness (QED) is 0.365. The van der Waals surface area contributed by atoms with Gasteiger partial charge in [0.25, 0.3) is 0 Å². The van der Waals surface area contributed by atoms with Gasteiger partial charge in [0.05, 0.1) is 0 Å². The first-order valence-electron chi connectivity index (χ1n) is 6.39. The molecule has 0 spiro atoms. The lowest BCUT2D eigenvalue weighted by molar-refractivity contribution is 0.560. The minimum absolute atomic E-state index is 0.741. The molecule has 0 saturated heterocycles. The number of unbranched alkanes of at least 4 members (excludes halogenated alkanes) is 6. The van der Waals surface area contributed by atoms with Gasteiger partial charge < -0.3 is 0 Å². The maximum atomic E-state index is 3.74. The molecule has 0 nitrogen and oxygen atoms in total. The van der Waals surface area contributed by atoms with E-state index in [1.165, 1.54) is 51.4 Å². The molecule has 0 bridgehead atoms. The van der Waals surface area contributed by atoms with Crippen molar-refractivity contribution >= 4 is 0 Å². The highest BCUT2D eigenvalue weighted by Crippen LogP contribution is 2.17. The summed E-state index contributed by atoms with van der Waals surface area (Å²) in [5.41, 5.74) is 0. The van der Waals surface area contributed by atoms with E-state index in [1.54, 1.807) is 0 Å². The second-order valence-electron chi connectivity index (χ2n) is 4.42. The summed E-state index contributed by atoms with van der Waals surface area (Å²) in [7, 11) is 0. The van der Waals surface area contributed by atoms with Crippen LogP contribution in [0.2, 0.25) is 0 Å². The van der Waals surface area contributed by atoms with Gasteiger partial charge in [-0.25, -0.2) is 0 Å². The Morgan fingerprint density at radius 3 is 2.13 bits per heavy atom. The molecule has 0 saturated carbocycles. The van der Waals surface area contributed by atoms with Crippen molar-refractivity contribution in [1.29, 1.82) is 0 Å². The van der Waals surface area contributed by atoms with Crippen molar-refractivity contribution in [3.05, 3.63) is 37.0 Å². The minimum atomic E-state index is 0.741. The van der Waals surface area contributed by atoms with Crippen molar-refractivity contribution in [2.45, 2.75) is 51.4 Å². The number of hydrogen-bond acceptors (Lipinski definition) is 0. The van der Waals surface area contributed by atoms with Gasteiger partial charge >= 0.3 is 0 Å². The van der Waals surface area contributed by atoms with Crippen LogP contribution in [0.1, 0.15) is 51.4 Å². The van der Waals surface area contributed by atoms with Crippen LogP contribution in [0.25, 0.3) is 0 Å². The number of hydrogen-bond donors (Lipinski definition) is 0. The predicted octanol–water partition coefficient (Wildman–Crippen LogP) is 5.04. The van der Waals surface area contributed by atoms with Gasteiger partial charge in [0, 0.05) is 0 Å². The van der Waals surface area contributed by atoms with E-state index in [0.29, 0.717) is 0 Å². The van der Waals surface area contributed by atoms with E-state index in [0.717, 1.165) is 5.92 Å². The standard InChI is InChI=1S/C15H24/c1-2-3-4-5-6-7-8-9-12-15-13-10-11-14-15/h2,10-11,13-15H,1,3-9,12H2. The molecular formula is C15H24. The molecule has 0 atom stereocenters. The summed E-state index contributed by atoms with van der Waals surface area (Å²) in [6.45, 7) is 3.74. The van der Waals surface area contributed by atoms with E-state index in [9.17, 15) is 0 Å². The molecule has 0 aromatic rings. The molecule has 84 valence electrons. The lowest BCUT2D eigenvalue weighted by Gasteiger charge is -2.04. The third kappa shape index (κ3) is 6.33. The Bertz CT molecular complexity index is 198. The Labute approximate surface area is 94.8 Å². The summed E-state index contributed by atoms with van der Waals surface area (Å²) in [4.78, 5) is 0. The molecule has 0 amide bonds. The van der Waals surface area contributed by atoms with Gasteiger partial charge in [-0.1, -0.05) is 62.5 Å². The van der Waals surface area contributed by atoms with Crippen molar-refractivity contribution in [3.63, 3.8) is 0 Å². The largest absolute Gasteiger partial charge is 0.103 e. The second kappa shape index (κ2) is 8.52. The fourth-order valence-electron chi connectivity index (χ4n) is 2.05. The lowest BCUT2D eigenvalue weighted by Crippen LogP contribution is -1.89. The van der Waals surface area contributed by atoms with E-state index in [-0.39, 0.29) is 0 Å². The summed E-state index contributed by atoms with van der Waals surface area (Å²) in [5, 5.41) is 0. The molecule has 0 aromatic carbocycles. The highest BCUT2D eigenvalue weighted by molar-refractivity contribution is 5.17. The van der Waals surface area contributed by atoms with E-state index < -0.39 is 0 Å². The zero-order valence-corrected chi connectivity index (χ0v) is 9.83. The molecule has 0 aliphatic heterocycles. The van der Waals surface area contributed by atoms with Crippen molar-refractivity contribution < 1.29 is 0 Å². The van der Waals surface area contributed by atoms with Crippen molar-refractivity contribution in [2.75, 3.05) is 0 Å². The summed E-state index contributed by atoms with van der Waals surface area (Å²) < 4.78 is 0. The molecule has 0 aromatic heterocycles. The molecular weight excluding hydrogens is 180 g/mol. The summed E-state index contributed by atoms with van der Waals surface area (Å²) in [6, 6.07) is 0. The Morgan fingerprint density at radius 2 is 1.47 bits per heavy atom. The minimum Gasteiger partial charge on any atom is -0.103 e. The molecule has 1 aliphatic carbocycles. The normalized spacial score (nSPS) is 14.9. The molecule has 15 heavy (non-hydrogen) atoms. The Hall–Kier alpha value is -0.780. The maximum absolute atomic E-state index is 3.74. The van der Waals surface area contributed by atoms with Crippen molar-refractivity contribution in [1.82, 2.24) is 0 Å². The fourth-order valence-corrected chi connectivity index (χ4v) is 2.05. The van der Waals surface area contributed by atoms with Gasteiger partial charge in [0.2, 0.25) is 0 Å². The smallest absolute Gasteiger partial charge is 0.00473 e. The van der Waals surface area contributed by atoms with Crippen LogP contribution in [0, 0.1) is 5.92 Å². The van der Waals surface area contributed by atoms with Crippen LogP contribution in [0.15, 0.2) is 37.0 Å². The van der Waals surface area contributed by atoms with Gasteiger partial charge in [-0.2, -0.15) is 0 Å². The van der Waals surface area contributed by atoms with Crippen LogP contribution in [0.5, 0.6) is 0 Å². The summed E-state index contributed by atoms with van der Waals surface area (Å²) in [6.07, 6.45) is 21.9. The van der Waals surface area contributed by atoms with Crippen LogP contribution in [0.4, 0.5) is 0 Å². The van der Waals surface area contributed by atoms with Crippen LogP contribution < -0.4 is 0 Å². The van der Waals surface area contributed by atoms with E-state index in [4.69, 9.17) is 0 Å². The van der Waals surface area contributed by atoms with Crippen LogP contribution in [0.3, 0.4) is 0 Å². The zero-order chi connectivity index (χ0) is 10.8. The first-order valence-corrected chi connectivity index (χ1v) is 6.39. The highest BCUT2D eigenvalue weighted by atomic mass is 14.1. The monoisotopic (exact) mass is 204 g/mol. The van der Waals surface area contributed by atoms with E-state index in [1.807, 2.05) is 6.08 Å². The van der Waals surface area contributed by atoms with E-state index >= 15 is 0 Å². The lowest BCUT2D eigenvalue weighted by atomic mass is 10.0. The van der Waals surface area contributed by atoms with Gasteiger partial charge in [-0.05, 0) is 25.2 Å². The van der Waals surface area contributed by atoms with Gasteiger partial charge in [0.1, 0.15) is 0 Å². The third-order valence-corrected chi connectivity index (χ3v) is 3.02. The van der Waals surface area contributed by atoms with E-state index in [2.05, 4.69) is 30.9 Å². The molecule has 0 heterocycles. The van der Waals surface area contributed by atoms with Crippen molar-refractivity contribution in [3.8, 4) is 0 Å².